The summed E-state index contributed by atoms with van der Waals surface area (Å²) in [5.74, 6) is -1.37. The van der Waals surface area contributed by atoms with E-state index >= 15 is 0 Å². The standard InChI is InChI=1S/C26H27N3O4/c1-5-32-25(31)21(24(27)30)23-19(16-20(33-23)26(2,3)4)28-29-22(17-12-8-6-9-13-17)18-14-10-7-11-15-18/h6-16H,5H2,1-4H3,(H2,27,30). The van der Waals surface area contributed by atoms with E-state index in [-0.39, 0.29) is 18.1 Å². The number of hydrogen-bond acceptors (Lipinski definition) is 6. The second-order valence-electron chi connectivity index (χ2n) is 8.32. The van der Waals surface area contributed by atoms with Crippen molar-refractivity contribution >= 4 is 23.3 Å². The van der Waals surface area contributed by atoms with Crippen molar-refractivity contribution in [1.82, 2.24) is 0 Å². The molecule has 2 aromatic carbocycles. The number of hydrogen-bond donors (Lipinski definition) is 1. The zero-order chi connectivity index (χ0) is 24.0. The summed E-state index contributed by atoms with van der Waals surface area (Å²) in [5.41, 5.74) is 7.25. The molecule has 3 rings (SSSR count). The monoisotopic (exact) mass is 445 g/mol. The van der Waals surface area contributed by atoms with E-state index in [0.717, 1.165) is 11.1 Å². The summed E-state index contributed by atoms with van der Waals surface area (Å²) in [6.07, 6.45) is 1.66. The number of primary amides is 1. The first-order valence-electron chi connectivity index (χ1n) is 10.6. The molecule has 0 aliphatic carbocycles. The van der Waals surface area contributed by atoms with Crippen molar-refractivity contribution in [1.29, 1.82) is 0 Å². The first kappa shape index (κ1) is 23.7. The van der Waals surface area contributed by atoms with Crippen LogP contribution in [0.1, 0.15) is 38.8 Å². The quantitative estimate of drug-likeness (QED) is 0.180. The number of nitrogens with zero attached hydrogens (tertiary/aromatic N) is 2. The van der Waals surface area contributed by atoms with E-state index in [0.29, 0.717) is 11.5 Å². The third-order valence-corrected chi connectivity index (χ3v) is 4.76. The Morgan fingerprint density at radius 2 is 1.52 bits per heavy atom. The Kier molecular flexibility index (Phi) is 7.23. The molecule has 0 fully saturated rings. The van der Waals surface area contributed by atoms with E-state index in [4.69, 9.17) is 15.2 Å². The summed E-state index contributed by atoms with van der Waals surface area (Å²) in [5, 5.41) is 8.90. The van der Waals surface area contributed by atoms with E-state index in [1.807, 2.05) is 81.4 Å². The highest BCUT2D eigenvalue weighted by atomic mass is 16.5. The highest BCUT2D eigenvalue weighted by Gasteiger charge is 2.35. The Morgan fingerprint density at radius 3 is 1.97 bits per heavy atom. The summed E-state index contributed by atoms with van der Waals surface area (Å²) >= 11 is 0. The number of benzene rings is 2. The Labute approximate surface area is 193 Å². The first-order chi connectivity index (χ1) is 15.7. The minimum Gasteiger partial charge on any atom is -0.462 e. The second kappa shape index (κ2) is 10.1. The molecular weight excluding hydrogens is 418 g/mol. The van der Waals surface area contributed by atoms with Gasteiger partial charge in [-0.2, -0.15) is 0 Å². The van der Waals surface area contributed by atoms with Crippen LogP contribution in [0, 0.1) is 5.41 Å². The molecule has 1 amide bonds. The van der Waals surface area contributed by atoms with Crippen molar-refractivity contribution in [2.45, 2.75) is 27.7 Å². The predicted molar refractivity (Wildman–Crippen MR) is 127 cm³/mol. The number of ether oxygens (including phenoxy) is 2. The van der Waals surface area contributed by atoms with Crippen molar-refractivity contribution in [2.24, 2.45) is 21.4 Å². The maximum absolute atomic E-state index is 12.5. The molecule has 1 aliphatic rings. The van der Waals surface area contributed by atoms with Crippen molar-refractivity contribution < 1.29 is 19.1 Å². The van der Waals surface area contributed by atoms with Crippen molar-refractivity contribution in [3.63, 3.8) is 0 Å². The molecule has 0 spiro atoms. The maximum Gasteiger partial charge on any atom is 0.347 e. The van der Waals surface area contributed by atoms with Crippen molar-refractivity contribution in [3.8, 4) is 0 Å². The van der Waals surface area contributed by atoms with Crippen LogP contribution in [0.25, 0.3) is 0 Å². The third kappa shape index (κ3) is 5.63. The molecule has 0 unspecified atom stereocenters. The number of nitrogens with two attached hydrogens (primary N) is 1. The summed E-state index contributed by atoms with van der Waals surface area (Å²) in [6.45, 7) is 7.54. The first-order valence-corrected chi connectivity index (χ1v) is 10.6. The van der Waals surface area contributed by atoms with Crippen LogP contribution in [-0.2, 0) is 19.1 Å². The lowest BCUT2D eigenvalue weighted by Gasteiger charge is -2.19. The predicted octanol–water partition coefficient (Wildman–Crippen LogP) is 4.14. The molecular formula is C26H27N3O4. The van der Waals surface area contributed by atoms with Gasteiger partial charge in [0.1, 0.15) is 17.2 Å². The van der Waals surface area contributed by atoms with Crippen LogP contribution >= 0.6 is 0 Å². The van der Waals surface area contributed by atoms with Crippen LogP contribution < -0.4 is 5.73 Å². The zero-order valence-electron chi connectivity index (χ0n) is 19.2. The molecule has 0 saturated heterocycles. The minimum atomic E-state index is -0.963. The molecule has 7 heteroatoms. The van der Waals surface area contributed by atoms with E-state index in [9.17, 15) is 9.59 Å². The number of allylic oxidation sites excluding steroid dienone is 2. The molecule has 2 aromatic rings. The summed E-state index contributed by atoms with van der Waals surface area (Å²) < 4.78 is 10.9. The van der Waals surface area contributed by atoms with Gasteiger partial charge in [-0.3, -0.25) is 4.79 Å². The summed E-state index contributed by atoms with van der Waals surface area (Å²) in [6, 6.07) is 19.2. The number of carbonyl (C=O) groups is 2. The lowest BCUT2D eigenvalue weighted by molar-refractivity contribution is -0.140. The zero-order valence-corrected chi connectivity index (χ0v) is 19.2. The van der Waals surface area contributed by atoms with Crippen molar-refractivity contribution in [3.05, 3.63) is 95.0 Å². The van der Waals surface area contributed by atoms with Gasteiger partial charge < -0.3 is 15.2 Å². The molecule has 0 radical (unpaired) electrons. The molecule has 170 valence electrons. The van der Waals surface area contributed by atoms with E-state index < -0.39 is 22.9 Å². The molecule has 0 atom stereocenters. The van der Waals surface area contributed by atoms with Crippen LogP contribution in [0.15, 0.2) is 94.0 Å². The highest BCUT2D eigenvalue weighted by Crippen LogP contribution is 2.35. The molecule has 2 N–H and O–H groups in total. The van der Waals surface area contributed by atoms with Gasteiger partial charge in [0.05, 0.1) is 6.61 Å². The van der Waals surface area contributed by atoms with Crippen LogP contribution in [0.2, 0.25) is 0 Å². The fourth-order valence-electron chi connectivity index (χ4n) is 3.09. The average molecular weight is 446 g/mol. The highest BCUT2D eigenvalue weighted by molar-refractivity contribution is 6.24. The Bertz CT molecular complexity index is 1110. The fraction of sp³-hybridized carbons (Fsp3) is 0.231. The van der Waals surface area contributed by atoms with E-state index in [1.165, 1.54) is 0 Å². The SMILES string of the molecule is CCOC(=O)C(C(N)=O)=C1OC(C(C)(C)C)=CC1=NN=C(c1ccccc1)c1ccccc1. The molecule has 0 aromatic heterocycles. The minimum absolute atomic E-state index is 0.0601. The number of rotatable bonds is 6. The van der Waals surface area contributed by atoms with Gasteiger partial charge in [-0.15, -0.1) is 10.2 Å². The number of esters is 1. The van der Waals surface area contributed by atoms with Crippen LogP contribution in [-0.4, -0.2) is 29.9 Å². The van der Waals surface area contributed by atoms with E-state index in [2.05, 4.69) is 10.2 Å². The molecule has 0 saturated carbocycles. The Morgan fingerprint density at radius 1 is 0.970 bits per heavy atom. The van der Waals surface area contributed by atoms with Crippen LogP contribution in [0.4, 0.5) is 0 Å². The fourth-order valence-corrected chi connectivity index (χ4v) is 3.09. The lowest BCUT2D eigenvalue weighted by atomic mass is 9.94. The van der Waals surface area contributed by atoms with Crippen LogP contribution in [0.3, 0.4) is 0 Å². The van der Waals surface area contributed by atoms with Gasteiger partial charge in [0.2, 0.25) is 0 Å². The largest absolute Gasteiger partial charge is 0.462 e. The summed E-state index contributed by atoms with van der Waals surface area (Å²) in [4.78, 5) is 24.6. The lowest BCUT2D eigenvalue weighted by Crippen LogP contribution is -2.26. The van der Waals surface area contributed by atoms with Crippen LogP contribution in [0.5, 0.6) is 0 Å². The Balaban J connectivity index is 2.21. The molecule has 0 bridgehead atoms. The van der Waals surface area contributed by atoms with Gasteiger partial charge in [-0.05, 0) is 6.92 Å². The second-order valence-corrected chi connectivity index (χ2v) is 8.32. The molecule has 33 heavy (non-hydrogen) atoms. The average Bonchev–Trinajstić information content (AvgIpc) is 3.20. The summed E-state index contributed by atoms with van der Waals surface area (Å²) in [7, 11) is 0. The van der Waals surface area contributed by atoms with Gasteiger partial charge in [-0.1, -0.05) is 81.4 Å². The van der Waals surface area contributed by atoms with Gasteiger partial charge in [0.25, 0.3) is 5.91 Å². The molecule has 7 nitrogen and oxygen atoms in total. The van der Waals surface area contributed by atoms with Gasteiger partial charge in [-0.25, -0.2) is 4.79 Å². The number of amides is 1. The van der Waals surface area contributed by atoms with Gasteiger partial charge in [0, 0.05) is 22.6 Å². The van der Waals surface area contributed by atoms with Gasteiger partial charge in [0.15, 0.2) is 11.3 Å². The number of carbonyl (C=O) groups excluding carboxylic acids is 2. The third-order valence-electron chi connectivity index (χ3n) is 4.76. The van der Waals surface area contributed by atoms with Crippen molar-refractivity contribution in [2.75, 3.05) is 6.61 Å². The maximum atomic E-state index is 12.5. The van der Waals surface area contributed by atoms with E-state index in [1.54, 1.807) is 13.0 Å². The Hall–Kier alpha value is -4.00. The topological polar surface area (TPSA) is 103 Å². The normalized spacial score (nSPS) is 16.0. The molecule has 1 aliphatic heterocycles. The molecule has 1 heterocycles. The van der Waals surface area contributed by atoms with Gasteiger partial charge >= 0.3 is 5.97 Å². The smallest absolute Gasteiger partial charge is 0.347 e.